The first-order valence-corrected chi connectivity index (χ1v) is 8.18. The van der Waals surface area contributed by atoms with Crippen molar-refractivity contribution >= 4 is 28.9 Å². The first-order chi connectivity index (χ1) is 12.1. The molecule has 0 radical (unpaired) electrons. The summed E-state index contributed by atoms with van der Waals surface area (Å²) in [6, 6.07) is 12.8. The van der Waals surface area contributed by atoms with Crippen molar-refractivity contribution in [3.63, 3.8) is 0 Å². The Morgan fingerprint density at radius 2 is 1.96 bits per heavy atom. The van der Waals surface area contributed by atoms with Crippen LogP contribution >= 0.6 is 12.2 Å². The number of carbonyl (C=O) groups excluding carboxylic acids is 1. The lowest BCUT2D eigenvalue weighted by molar-refractivity contribution is 0.0976. The van der Waals surface area contributed by atoms with Crippen LogP contribution in [0.3, 0.4) is 0 Å². The van der Waals surface area contributed by atoms with Gasteiger partial charge < -0.3 is 14.8 Å². The quantitative estimate of drug-likeness (QED) is 0.584. The van der Waals surface area contributed by atoms with Gasteiger partial charge in [0, 0.05) is 12.2 Å². The fourth-order valence-electron chi connectivity index (χ4n) is 1.98. The van der Waals surface area contributed by atoms with Gasteiger partial charge in [0.1, 0.15) is 18.2 Å². The number of para-hydroxylation sites is 1. The molecular weight excluding hydrogens is 343 g/mol. The Kier molecular flexibility index (Phi) is 7.31. The van der Waals surface area contributed by atoms with Crippen molar-refractivity contribution in [2.75, 3.05) is 25.1 Å². The molecule has 0 saturated heterocycles. The van der Waals surface area contributed by atoms with E-state index in [1.165, 1.54) is 12.1 Å². The summed E-state index contributed by atoms with van der Waals surface area (Å²) in [5, 5.41) is 5.17. The lowest BCUT2D eigenvalue weighted by Crippen LogP contribution is -2.34. The third kappa shape index (κ3) is 6.13. The van der Waals surface area contributed by atoms with Crippen LogP contribution in [0.2, 0.25) is 0 Å². The van der Waals surface area contributed by atoms with Crippen LogP contribution in [0.25, 0.3) is 0 Å². The van der Waals surface area contributed by atoms with Crippen LogP contribution in [0.4, 0.5) is 10.1 Å². The van der Waals surface area contributed by atoms with Crippen molar-refractivity contribution in [2.24, 2.45) is 0 Å². The number of carbonyl (C=O) groups is 1. The number of rotatable bonds is 7. The first kappa shape index (κ1) is 18.8. The third-order valence-corrected chi connectivity index (χ3v) is 3.35. The highest BCUT2D eigenvalue weighted by molar-refractivity contribution is 7.80. The molecule has 0 fully saturated rings. The molecular formula is C18H19FN2O3S. The van der Waals surface area contributed by atoms with Gasteiger partial charge in [-0.2, -0.15) is 0 Å². The average molecular weight is 362 g/mol. The van der Waals surface area contributed by atoms with Gasteiger partial charge in [-0.15, -0.1) is 0 Å². The molecule has 7 heteroatoms. The zero-order valence-electron chi connectivity index (χ0n) is 13.8. The predicted octanol–water partition coefficient (Wildman–Crippen LogP) is 3.37. The second-order valence-electron chi connectivity index (χ2n) is 4.96. The molecule has 0 aromatic heterocycles. The van der Waals surface area contributed by atoms with Gasteiger partial charge in [-0.1, -0.05) is 18.2 Å². The molecule has 25 heavy (non-hydrogen) atoms. The zero-order valence-corrected chi connectivity index (χ0v) is 14.6. The smallest absolute Gasteiger partial charge is 0.257 e. The van der Waals surface area contributed by atoms with E-state index in [1.54, 1.807) is 36.4 Å². The van der Waals surface area contributed by atoms with Crippen molar-refractivity contribution in [3.8, 4) is 5.75 Å². The molecule has 0 saturated carbocycles. The van der Waals surface area contributed by atoms with Crippen molar-refractivity contribution in [2.45, 2.75) is 6.92 Å². The van der Waals surface area contributed by atoms with E-state index in [0.29, 0.717) is 31.1 Å². The maximum Gasteiger partial charge on any atom is 0.257 e. The van der Waals surface area contributed by atoms with Crippen LogP contribution in [-0.4, -0.2) is 30.8 Å². The van der Waals surface area contributed by atoms with E-state index in [-0.39, 0.29) is 10.8 Å². The molecule has 0 atom stereocenters. The van der Waals surface area contributed by atoms with Crippen LogP contribution in [0, 0.1) is 5.82 Å². The highest BCUT2D eigenvalue weighted by Gasteiger charge is 2.10. The van der Waals surface area contributed by atoms with Crippen LogP contribution in [0.5, 0.6) is 5.75 Å². The number of hydrogen-bond donors (Lipinski definition) is 2. The van der Waals surface area contributed by atoms with E-state index in [2.05, 4.69) is 10.6 Å². The van der Waals surface area contributed by atoms with E-state index in [4.69, 9.17) is 21.7 Å². The molecule has 2 N–H and O–H groups in total. The topological polar surface area (TPSA) is 59.6 Å². The third-order valence-electron chi connectivity index (χ3n) is 3.15. The lowest BCUT2D eigenvalue weighted by atomic mass is 10.2. The molecule has 2 rings (SSSR count). The number of benzene rings is 2. The van der Waals surface area contributed by atoms with Gasteiger partial charge in [0.25, 0.3) is 5.91 Å². The molecule has 0 bridgehead atoms. The largest absolute Gasteiger partial charge is 0.491 e. The van der Waals surface area contributed by atoms with Gasteiger partial charge in [0.05, 0.1) is 12.3 Å². The Morgan fingerprint density at radius 1 is 1.16 bits per heavy atom. The van der Waals surface area contributed by atoms with Crippen LogP contribution in [0.15, 0.2) is 48.5 Å². The number of ether oxygens (including phenoxy) is 2. The number of halogens is 1. The van der Waals surface area contributed by atoms with Crippen molar-refractivity contribution in [1.82, 2.24) is 5.32 Å². The van der Waals surface area contributed by atoms with Gasteiger partial charge in [0.15, 0.2) is 5.11 Å². The van der Waals surface area contributed by atoms with Crippen LogP contribution in [0.1, 0.15) is 17.3 Å². The maximum atomic E-state index is 13.6. The van der Waals surface area contributed by atoms with Gasteiger partial charge in [-0.25, -0.2) is 4.39 Å². The van der Waals surface area contributed by atoms with E-state index >= 15 is 0 Å². The fourth-order valence-corrected chi connectivity index (χ4v) is 2.18. The van der Waals surface area contributed by atoms with Crippen LogP contribution in [-0.2, 0) is 4.74 Å². The Morgan fingerprint density at radius 3 is 2.72 bits per heavy atom. The average Bonchev–Trinajstić information content (AvgIpc) is 2.61. The summed E-state index contributed by atoms with van der Waals surface area (Å²) in [5.41, 5.74) is 0.576. The number of anilines is 1. The summed E-state index contributed by atoms with van der Waals surface area (Å²) in [6.07, 6.45) is 0. The monoisotopic (exact) mass is 362 g/mol. The van der Waals surface area contributed by atoms with E-state index < -0.39 is 11.7 Å². The molecule has 0 heterocycles. The standard InChI is InChI=1S/C18H19FN2O3S/c1-2-23-10-11-24-14-7-5-6-13(12-14)17(22)21-18(25)20-16-9-4-3-8-15(16)19/h3-9,12H,2,10-11H2,1H3,(H2,20,21,22,25). The summed E-state index contributed by atoms with van der Waals surface area (Å²) in [5.74, 6) is -0.312. The van der Waals surface area contributed by atoms with E-state index in [0.717, 1.165) is 0 Å². The summed E-state index contributed by atoms with van der Waals surface area (Å²) in [6.45, 7) is 3.40. The second kappa shape index (κ2) is 9.71. The van der Waals surface area contributed by atoms with Gasteiger partial charge in [0.2, 0.25) is 0 Å². The minimum Gasteiger partial charge on any atom is -0.491 e. The minimum absolute atomic E-state index is 0.0118. The van der Waals surface area contributed by atoms with Crippen molar-refractivity contribution < 1.29 is 18.7 Å². The van der Waals surface area contributed by atoms with E-state index in [1.807, 2.05) is 6.92 Å². The number of thiocarbonyl (C=S) groups is 1. The normalized spacial score (nSPS) is 10.2. The number of amides is 1. The Bertz CT molecular complexity index is 740. The molecule has 0 aliphatic heterocycles. The number of nitrogens with one attached hydrogen (secondary N) is 2. The molecule has 1 amide bonds. The predicted molar refractivity (Wildman–Crippen MR) is 98.5 cm³/mol. The summed E-state index contributed by atoms with van der Waals surface area (Å²) in [7, 11) is 0. The van der Waals surface area contributed by atoms with E-state index in [9.17, 15) is 9.18 Å². The first-order valence-electron chi connectivity index (χ1n) is 7.77. The molecule has 2 aromatic carbocycles. The fraction of sp³-hybridized carbons (Fsp3) is 0.222. The Hall–Kier alpha value is -2.51. The SMILES string of the molecule is CCOCCOc1cccc(C(=O)NC(=S)Nc2ccccc2F)c1. The van der Waals surface area contributed by atoms with Gasteiger partial charge in [-0.3, -0.25) is 10.1 Å². The van der Waals surface area contributed by atoms with Gasteiger partial charge >= 0.3 is 0 Å². The molecule has 0 aliphatic carbocycles. The second-order valence-corrected chi connectivity index (χ2v) is 5.37. The molecule has 2 aromatic rings. The highest BCUT2D eigenvalue weighted by Crippen LogP contribution is 2.14. The molecule has 0 unspecified atom stereocenters. The Labute approximate surface area is 151 Å². The molecule has 5 nitrogen and oxygen atoms in total. The Balaban J connectivity index is 1.91. The molecule has 0 spiro atoms. The van der Waals surface area contributed by atoms with Gasteiger partial charge in [-0.05, 0) is 49.5 Å². The zero-order chi connectivity index (χ0) is 18.1. The van der Waals surface area contributed by atoms with Crippen molar-refractivity contribution in [1.29, 1.82) is 0 Å². The maximum absolute atomic E-state index is 13.6. The van der Waals surface area contributed by atoms with Crippen molar-refractivity contribution in [3.05, 3.63) is 59.9 Å². The van der Waals surface area contributed by atoms with Crippen LogP contribution < -0.4 is 15.4 Å². The summed E-state index contributed by atoms with van der Waals surface area (Å²) in [4.78, 5) is 12.2. The number of hydrogen-bond acceptors (Lipinski definition) is 4. The summed E-state index contributed by atoms with van der Waals surface area (Å²) >= 11 is 5.05. The lowest BCUT2D eigenvalue weighted by Gasteiger charge is -2.11. The highest BCUT2D eigenvalue weighted by atomic mass is 32.1. The summed E-state index contributed by atoms with van der Waals surface area (Å²) < 4.78 is 24.3. The minimum atomic E-state index is -0.455. The molecule has 0 aliphatic rings. The molecule has 132 valence electrons.